The summed E-state index contributed by atoms with van der Waals surface area (Å²) in [6, 6.07) is 31.5. The fourth-order valence-electron chi connectivity index (χ4n) is 3.60. The zero-order valence-corrected chi connectivity index (χ0v) is 18.7. The summed E-state index contributed by atoms with van der Waals surface area (Å²) < 4.78 is 0. The van der Waals surface area contributed by atoms with Crippen molar-refractivity contribution in [2.75, 3.05) is 0 Å². The Morgan fingerprint density at radius 2 is 0.679 bits per heavy atom. The van der Waals surface area contributed by atoms with E-state index in [1.165, 1.54) is 70.8 Å². The predicted octanol–water partition coefficient (Wildman–Crippen LogP) is 7.13. The molecule has 0 aliphatic rings. The Kier molecular flexibility index (Phi) is 7.68. The Labute approximate surface area is 173 Å². The van der Waals surface area contributed by atoms with Gasteiger partial charge in [0.05, 0.1) is 0 Å². The molecular weight excluding hydrogens is 352 g/mol. The lowest BCUT2D eigenvalue weighted by atomic mass is 10.1. The average molecular weight is 386 g/mol. The van der Waals surface area contributed by atoms with Gasteiger partial charge in [0.15, 0.2) is 0 Å². The lowest BCUT2D eigenvalue weighted by Gasteiger charge is -2.16. The van der Waals surface area contributed by atoms with Crippen molar-refractivity contribution in [3.8, 4) is 0 Å². The van der Waals surface area contributed by atoms with Crippen molar-refractivity contribution < 1.29 is 0 Å². The van der Waals surface area contributed by atoms with Gasteiger partial charge < -0.3 is 0 Å². The second kappa shape index (κ2) is 10.4. The first-order valence-corrected chi connectivity index (χ1v) is 12.7. The highest BCUT2D eigenvalue weighted by Crippen LogP contribution is 2.18. The lowest BCUT2D eigenvalue weighted by molar-refractivity contribution is 1.000. The maximum atomic E-state index is 2.31. The molecular formula is C27H33Si. The van der Waals surface area contributed by atoms with Gasteiger partial charge in [0.25, 0.3) is 0 Å². The summed E-state index contributed by atoms with van der Waals surface area (Å²) in [6.07, 6.45) is 3.70. The topological polar surface area (TPSA) is 0 Å². The van der Waals surface area contributed by atoms with Gasteiger partial charge in [-0.1, -0.05) is 108 Å². The van der Waals surface area contributed by atoms with Crippen molar-refractivity contribution in [2.45, 2.75) is 58.2 Å². The molecule has 0 spiro atoms. The van der Waals surface area contributed by atoms with Crippen LogP contribution in [0.5, 0.6) is 0 Å². The van der Waals surface area contributed by atoms with Crippen LogP contribution in [-0.4, -0.2) is 8.80 Å². The molecule has 0 aliphatic heterocycles. The Balaban J connectivity index is 1.58. The van der Waals surface area contributed by atoms with Gasteiger partial charge in [0, 0.05) is 8.80 Å². The molecule has 0 atom stereocenters. The van der Waals surface area contributed by atoms with E-state index in [1.807, 2.05) is 0 Å². The normalized spacial score (nSPS) is 11.1. The molecule has 0 aromatic heterocycles. The summed E-state index contributed by atoms with van der Waals surface area (Å²) in [5.41, 5.74) is 8.56. The van der Waals surface area contributed by atoms with Crippen LogP contribution >= 0.6 is 0 Å². The first-order valence-electron chi connectivity index (χ1n) is 10.6. The van der Waals surface area contributed by atoms with Crippen molar-refractivity contribution in [1.29, 1.82) is 0 Å². The van der Waals surface area contributed by atoms with Crippen molar-refractivity contribution in [1.82, 2.24) is 0 Å². The van der Waals surface area contributed by atoms with Crippen LogP contribution in [0.3, 0.4) is 0 Å². The number of benzene rings is 3. The maximum Gasteiger partial charge on any atom is 0.0489 e. The Morgan fingerprint density at radius 3 is 0.929 bits per heavy atom. The van der Waals surface area contributed by atoms with E-state index < -0.39 is 0 Å². The van der Waals surface area contributed by atoms with Gasteiger partial charge in [-0.2, -0.15) is 0 Å². The molecule has 0 unspecified atom stereocenters. The van der Waals surface area contributed by atoms with E-state index in [1.54, 1.807) is 0 Å². The van der Waals surface area contributed by atoms with E-state index >= 15 is 0 Å². The fourth-order valence-corrected chi connectivity index (χ4v) is 6.28. The van der Waals surface area contributed by atoms with E-state index in [0.29, 0.717) is 0 Å². The third-order valence-electron chi connectivity index (χ3n) is 5.66. The van der Waals surface area contributed by atoms with E-state index in [4.69, 9.17) is 0 Å². The van der Waals surface area contributed by atoms with Gasteiger partial charge in [-0.25, -0.2) is 0 Å². The Morgan fingerprint density at radius 1 is 0.429 bits per heavy atom. The quantitative estimate of drug-likeness (QED) is 0.343. The first kappa shape index (κ1) is 20.6. The maximum absolute atomic E-state index is 2.31. The molecule has 0 fully saturated rings. The molecule has 0 N–H and O–H groups in total. The molecule has 0 bridgehead atoms. The number of aryl methyl sites for hydroxylation is 6. The first-order chi connectivity index (χ1) is 13.6. The van der Waals surface area contributed by atoms with Gasteiger partial charge in [0.1, 0.15) is 0 Å². The van der Waals surface area contributed by atoms with E-state index in [2.05, 4.69) is 93.6 Å². The summed E-state index contributed by atoms with van der Waals surface area (Å²) in [5.74, 6) is 0. The highest BCUT2D eigenvalue weighted by atomic mass is 28.3. The molecule has 3 aromatic rings. The van der Waals surface area contributed by atoms with Gasteiger partial charge in [0.2, 0.25) is 0 Å². The molecule has 28 heavy (non-hydrogen) atoms. The summed E-state index contributed by atoms with van der Waals surface area (Å²) in [6.45, 7) is 6.51. The minimum atomic E-state index is -0.367. The minimum absolute atomic E-state index is 0.367. The number of hydrogen-bond acceptors (Lipinski definition) is 0. The average Bonchev–Trinajstić information content (AvgIpc) is 2.71. The van der Waals surface area contributed by atoms with Crippen LogP contribution in [0.1, 0.15) is 33.4 Å². The second-order valence-corrected chi connectivity index (χ2v) is 11.2. The van der Waals surface area contributed by atoms with E-state index in [0.717, 1.165) is 0 Å². The van der Waals surface area contributed by atoms with Crippen LogP contribution in [0.15, 0.2) is 72.8 Å². The molecule has 1 radical (unpaired) electrons. The van der Waals surface area contributed by atoms with Gasteiger partial charge >= 0.3 is 0 Å². The third kappa shape index (κ3) is 6.80. The molecule has 0 saturated carbocycles. The summed E-state index contributed by atoms with van der Waals surface area (Å²) >= 11 is 0. The van der Waals surface area contributed by atoms with E-state index in [-0.39, 0.29) is 8.80 Å². The van der Waals surface area contributed by atoms with Crippen LogP contribution in [0.4, 0.5) is 0 Å². The highest BCUT2D eigenvalue weighted by Gasteiger charge is 2.12. The largest absolute Gasteiger partial charge is 0.0591 e. The summed E-state index contributed by atoms with van der Waals surface area (Å²) in [7, 11) is -0.367. The number of hydrogen-bond donors (Lipinski definition) is 0. The zero-order chi connectivity index (χ0) is 19.8. The smallest absolute Gasteiger partial charge is 0.0489 e. The molecule has 0 heterocycles. The van der Waals surface area contributed by atoms with Crippen molar-refractivity contribution in [3.05, 3.63) is 106 Å². The third-order valence-corrected chi connectivity index (χ3v) is 8.53. The van der Waals surface area contributed by atoms with Gasteiger partial charge in [-0.15, -0.1) is 0 Å². The van der Waals surface area contributed by atoms with Crippen molar-refractivity contribution in [3.63, 3.8) is 0 Å². The van der Waals surface area contributed by atoms with Crippen LogP contribution in [0, 0.1) is 20.8 Å². The van der Waals surface area contributed by atoms with Crippen molar-refractivity contribution >= 4 is 8.80 Å². The van der Waals surface area contributed by atoms with Crippen LogP contribution in [0.25, 0.3) is 0 Å². The molecule has 0 saturated heterocycles. The van der Waals surface area contributed by atoms with Crippen LogP contribution in [0.2, 0.25) is 18.1 Å². The minimum Gasteiger partial charge on any atom is -0.0591 e. The van der Waals surface area contributed by atoms with E-state index in [9.17, 15) is 0 Å². The molecule has 3 aromatic carbocycles. The SMILES string of the molecule is Cc1ccc(CC[Si](CCc2ccc(C)cc2)CCc2ccc(C)cc2)cc1. The molecule has 3 rings (SSSR count). The van der Waals surface area contributed by atoms with Crippen LogP contribution in [-0.2, 0) is 19.3 Å². The van der Waals surface area contributed by atoms with Crippen molar-refractivity contribution in [2.24, 2.45) is 0 Å². The second-order valence-electron chi connectivity index (χ2n) is 8.21. The zero-order valence-electron chi connectivity index (χ0n) is 17.7. The van der Waals surface area contributed by atoms with Gasteiger partial charge in [-0.3, -0.25) is 0 Å². The standard InChI is InChI=1S/C27H33Si/c1-22-4-10-25(11-5-22)16-19-28(20-17-26-12-6-23(2)7-13-26)21-18-27-14-8-24(3)9-15-27/h4-15H,16-21H2,1-3H3. The number of rotatable bonds is 9. The lowest BCUT2D eigenvalue weighted by Crippen LogP contribution is -2.15. The molecule has 1 heteroatoms. The fraction of sp³-hybridized carbons (Fsp3) is 0.333. The molecule has 0 amide bonds. The Bertz CT molecular complexity index is 711. The predicted molar refractivity (Wildman–Crippen MR) is 125 cm³/mol. The molecule has 0 aliphatic carbocycles. The molecule has 145 valence electrons. The molecule has 0 nitrogen and oxygen atoms in total. The monoisotopic (exact) mass is 385 g/mol. The summed E-state index contributed by atoms with van der Waals surface area (Å²) in [5, 5.41) is 0. The Hall–Kier alpha value is -2.12. The van der Waals surface area contributed by atoms with Gasteiger partial charge in [-0.05, 0) is 56.7 Å². The summed E-state index contributed by atoms with van der Waals surface area (Å²) in [4.78, 5) is 0. The van der Waals surface area contributed by atoms with Crippen LogP contribution < -0.4 is 0 Å². The highest BCUT2D eigenvalue weighted by molar-refractivity contribution is 6.58.